The van der Waals surface area contributed by atoms with Crippen LogP contribution in [0.1, 0.15) is 45.4 Å². The molecule has 2 aliphatic rings. The van der Waals surface area contributed by atoms with E-state index in [1.807, 2.05) is 20.8 Å². The van der Waals surface area contributed by atoms with Gasteiger partial charge in [0.1, 0.15) is 17.2 Å². The normalized spacial score (nSPS) is 21.1. The van der Waals surface area contributed by atoms with Crippen LogP contribution in [0.5, 0.6) is 0 Å². The van der Waals surface area contributed by atoms with Gasteiger partial charge < -0.3 is 14.5 Å². The molecular weight excluding hydrogens is 321 g/mol. The molecule has 25 heavy (non-hydrogen) atoms. The molecule has 1 aliphatic carbocycles. The molecule has 1 aromatic rings. The fraction of sp³-hybridized carbons (Fsp3) is 0.684. The van der Waals surface area contributed by atoms with Crippen molar-refractivity contribution >= 4 is 11.9 Å². The summed E-state index contributed by atoms with van der Waals surface area (Å²) < 4.78 is 19.9. The molecule has 1 aromatic heterocycles. The predicted molar refractivity (Wildman–Crippen MR) is 95.4 cm³/mol. The number of carbonyl (C=O) groups excluding carboxylic acids is 1. The summed E-state index contributed by atoms with van der Waals surface area (Å²) >= 11 is 0. The average molecular weight is 349 g/mol. The Morgan fingerprint density at radius 2 is 1.96 bits per heavy atom. The maximum Gasteiger partial charge on any atom is 0.410 e. The molecule has 0 spiro atoms. The van der Waals surface area contributed by atoms with Crippen LogP contribution in [-0.2, 0) is 17.6 Å². The Bertz CT molecular complexity index is 649. The van der Waals surface area contributed by atoms with Gasteiger partial charge in [-0.15, -0.1) is 0 Å². The standard InChI is InChI=1S/C19H28FN3O2/c1-13-5-6-16-14(11-13)15(20)12-17(21-16)22-7-9-23(10-8-22)18(24)25-19(2,3)4/h12-13H,5-11H2,1-4H3/t13-/m0/s1. The summed E-state index contributed by atoms with van der Waals surface area (Å²) in [4.78, 5) is 20.6. The molecule has 0 unspecified atom stereocenters. The van der Waals surface area contributed by atoms with Crippen molar-refractivity contribution in [1.29, 1.82) is 0 Å². The predicted octanol–water partition coefficient (Wildman–Crippen LogP) is 3.40. The fourth-order valence-corrected chi connectivity index (χ4v) is 3.44. The number of amides is 1. The number of rotatable bonds is 1. The van der Waals surface area contributed by atoms with Gasteiger partial charge in [-0.05, 0) is 46.0 Å². The van der Waals surface area contributed by atoms with Crippen LogP contribution in [0.2, 0.25) is 0 Å². The highest BCUT2D eigenvalue weighted by Crippen LogP contribution is 2.29. The first-order valence-electron chi connectivity index (χ1n) is 9.14. The Labute approximate surface area is 149 Å². The summed E-state index contributed by atoms with van der Waals surface area (Å²) in [6.07, 6.45) is 2.40. The SMILES string of the molecule is C[C@H]1CCc2nc(N3CCN(C(=O)OC(C)(C)C)CC3)cc(F)c2C1. The van der Waals surface area contributed by atoms with Crippen molar-refractivity contribution in [3.8, 4) is 0 Å². The molecule has 3 rings (SSSR count). The van der Waals surface area contributed by atoms with Gasteiger partial charge in [0.2, 0.25) is 0 Å². The molecule has 0 saturated carbocycles. The van der Waals surface area contributed by atoms with Crippen LogP contribution >= 0.6 is 0 Å². The monoisotopic (exact) mass is 349 g/mol. The van der Waals surface area contributed by atoms with Crippen molar-refractivity contribution in [2.75, 3.05) is 31.1 Å². The second-order valence-electron chi connectivity index (χ2n) is 8.19. The number of pyridine rings is 1. The smallest absolute Gasteiger partial charge is 0.410 e. The third-order valence-electron chi connectivity index (χ3n) is 4.82. The summed E-state index contributed by atoms with van der Waals surface area (Å²) in [5.41, 5.74) is 1.20. The van der Waals surface area contributed by atoms with Crippen molar-refractivity contribution in [3.05, 3.63) is 23.1 Å². The minimum Gasteiger partial charge on any atom is -0.444 e. The molecule has 1 aliphatic heterocycles. The second kappa shape index (κ2) is 6.81. The van der Waals surface area contributed by atoms with Crippen LogP contribution in [0.15, 0.2) is 6.07 Å². The number of carbonyl (C=O) groups is 1. The van der Waals surface area contributed by atoms with Gasteiger partial charge in [-0.3, -0.25) is 0 Å². The molecule has 6 heteroatoms. The zero-order valence-electron chi connectivity index (χ0n) is 15.6. The number of piperazine rings is 1. The summed E-state index contributed by atoms with van der Waals surface area (Å²) in [5.74, 6) is 1.07. The lowest BCUT2D eigenvalue weighted by molar-refractivity contribution is 0.0240. The lowest BCUT2D eigenvalue weighted by atomic mass is 9.87. The number of anilines is 1. The Hall–Kier alpha value is -1.85. The topological polar surface area (TPSA) is 45.7 Å². The molecule has 1 saturated heterocycles. The Morgan fingerprint density at radius 3 is 2.60 bits per heavy atom. The van der Waals surface area contributed by atoms with Crippen molar-refractivity contribution in [2.24, 2.45) is 5.92 Å². The van der Waals surface area contributed by atoms with Crippen molar-refractivity contribution in [3.63, 3.8) is 0 Å². The summed E-state index contributed by atoms with van der Waals surface area (Å²) in [6, 6.07) is 1.56. The van der Waals surface area contributed by atoms with Gasteiger partial charge in [0.05, 0.1) is 0 Å². The number of ether oxygens (including phenoxy) is 1. The lowest BCUT2D eigenvalue weighted by Gasteiger charge is -2.36. The molecule has 0 radical (unpaired) electrons. The Balaban J connectivity index is 1.65. The fourth-order valence-electron chi connectivity index (χ4n) is 3.44. The molecule has 2 heterocycles. The molecule has 0 aromatic carbocycles. The molecule has 1 fully saturated rings. The van der Waals surface area contributed by atoms with E-state index in [0.29, 0.717) is 37.9 Å². The largest absolute Gasteiger partial charge is 0.444 e. The highest BCUT2D eigenvalue weighted by atomic mass is 19.1. The number of nitrogens with zero attached hydrogens (tertiary/aromatic N) is 3. The molecular formula is C19H28FN3O2. The number of aromatic nitrogens is 1. The number of hydrogen-bond donors (Lipinski definition) is 0. The molecule has 0 N–H and O–H groups in total. The van der Waals surface area contributed by atoms with E-state index in [9.17, 15) is 9.18 Å². The van der Waals surface area contributed by atoms with E-state index in [1.54, 1.807) is 11.0 Å². The van der Waals surface area contributed by atoms with Crippen molar-refractivity contribution < 1.29 is 13.9 Å². The van der Waals surface area contributed by atoms with Crippen LogP contribution in [0, 0.1) is 11.7 Å². The molecule has 1 amide bonds. The number of fused-ring (bicyclic) bond motifs is 1. The van der Waals surface area contributed by atoms with E-state index in [4.69, 9.17) is 9.72 Å². The summed E-state index contributed by atoms with van der Waals surface area (Å²) in [5, 5.41) is 0. The van der Waals surface area contributed by atoms with Gasteiger partial charge in [0.25, 0.3) is 0 Å². The Kier molecular flexibility index (Phi) is 4.89. The molecule has 138 valence electrons. The third kappa shape index (κ3) is 4.22. The molecule has 5 nitrogen and oxygen atoms in total. The maximum atomic E-state index is 14.5. The quantitative estimate of drug-likeness (QED) is 0.779. The van der Waals surface area contributed by atoms with Gasteiger partial charge >= 0.3 is 6.09 Å². The van der Waals surface area contributed by atoms with Crippen LogP contribution in [-0.4, -0.2) is 47.8 Å². The highest BCUT2D eigenvalue weighted by Gasteiger charge is 2.28. The van der Waals surface area contributed by atoms with E-state index in [0.717, 1.165) is 30.5 Å². The van der Waals surface area contributed by atoms with Crippen molar-refractivity contribution in [2.45, 2.75) is 52.6 Å². The first-order valence-corrected chi connectivity index (χ1v) is 9.14. The van der Waals surface area contributed by atoms with E-state index >= 15 is 0 Å². The number of halogens is 1. The first-order chi connectivity index (χ1) is 11.7. The minimum atomic E-state index is -0.492. The first kappa shape index (κ1) is 18.0. The summed E-state index contributed by atoms with van der Waals surface area (Å²) in [6.45, 7) is 10.2. The van der Waals surface area contributed by atoms with Crippen LogP contribution in [0.25, 0.3) is 0 Å². The minimum absolute atomic E-state index is 0.138. The number of hydrogen-bond acceptors (Lipinski definition) is 4. The van der Waals surface area contributed by atoms with E-state index in [1.165, 1.54) is 0 Å². The zero-order chi connectivity index (χ0) is 18.2. The van der Waals surface area contributed by atoms with Gasteiger partial charge in [0.15, 0.2) is 0 Å². The van der Waals surface area contributed by atoms with E-state index < -0.39 is 5.60 Å². The van der Waals surface area contributed by atoms with Gasteiger partial charge in [0, 0.05) is 43.5 Å². The van der Waals surface area contributed by atoms with Gasteiger partial charge in [-0.25, -0.2) is 14.2 Å². The average Bonchev–Trinajstić information content (AvgIpc) is 2.54. The highest BCUT2D eigenvalue weighted by molar-refractivity contribution is 5.68. The zero-order valence-corrected chi connectivity index (χ0v) is 15.6. The van der Waals surface area contributed by atoms with Gasteiger partial charge in [-0.1, -0.05) is 6.92 Å². The van der Waals surface area contributed by atoms with Crippen LogP contribution in [0.4, 0.5) is 15.0 Å². The second-order valence-corrected chi connectivity index (χ2v) is 8.19. The Morgan fingerprint density at radius 1 is 1.28 bits per heavy atom. The van der Waals surface area contributed by atoms with Crippen LogP contribution < -0.4 is 4.90 Å². The third-order valence-corrected chi connectivity index (χ3v) is 4.82. The van der Waals surface area contributed by atoms with Gasteiger partial charge in [-0.2, -0.15) is 0 Å². The lowest BCUT2D eigenvalue weighted by Crippen LogP contribution is -2.50. The maximum absolute atomic E-state index is 14.5. The molecule has 0 bridgehead atoms. The summed E-state index contributed by atoms with van der Waals surface area (Å²) in [7, 11) is 0. The van der Waals surface area contributed by atoms with Crippen molar-refractivity contribution in [1.82, 2.24) is 9.88 Å². The van der Waals surface area contributed by atoms with Crippen LogP contribution in [0.3, 0.4) is 0 Å². The molecule has 1 atom stereocenters. The van der Waals surface area contributed by atoms with E-state index in [2.05, 4.69) is 11.8 Å². The number of aryl methyl sites for hydroxylation is 1. The van der Waals surface area contributed by atoms with E-state index in [-0.39, 0.29) is 11.9 Å².